The van der Waals surface area contributed by atoms with E-state index in [0.717, 1.165) is 22.7 Å². The number of nitrogens with one attached hydrogen (secondary N) is 3. The summed E-state index contributed by atoms with van der Waals surface area (Å²) >= 11 is 1.55. The fourth-order valence-corrected chi connectivity index (χ4v) is 4.54. The number of anilines is 1. The summed E-state index contributed by atoms with van der Waals surface area (Å²) in [4.78, 5) is 30.5. The van der Waals surface area contributed by atoms with Crippen molar-refractivity contribution in [1.82, 2.24) is 19.9 Å². The van der Waals surface area contributed by atoms with Crippen molar-refractivity contribution in [3.63, 3.8) is 0 Å². The monoisotopic (exact) mass is 479 g/mol. The molecule has 0 saturated carbocycles. The van der Waals surface area contributed by atoms with Crippen LogP contribution in [0.4, 0.5) is 5.69 Å². The Morgan fingerprint density at radius 3 is 2.59 bits per heavy atom. The molecule has 0 bridgehead atoms. The van der Waals surface area contributed by atoms with Crippen molar-refractivity contribution < 1.29 is 13.0 Å². The number of rotatable bonds is 10. The minimum atomic E-state index is -4.32. The van der Waals surface area contributed by atoms with Gasteiger partial charge < -0.3 is 5.32 Å². The molecule has 0 radical (unpaired) electrons. The van der Waals surface area contributed by atoms with Gasteiger partial charge in [-0.25, -0.2) is 9.78 Å². The second kappa shape index (κ2) is 10.2. The Bertz CT molecular complexity index is 1280. The first-order chi connectivity index (χ1) is 15.1. The van der Waals surface area contributed by atoms with Gasteiger partial charge in [-0.3, -0.25) is 23.6 Å². The van der Waals surface area contributed by atoms with Gasteiger partial charge in [0.05, 0.1) is 17.4 Å². The largest absolute Gasteiger partial charge is 0.357 e. The third-order valence-corrected chi connectivity index (χ3v) is 6.30. The molecule has 12 heteroatoms. The van der Waals surface area contributed by atoms with Crippen molar-refractivity contribution in [2.24, 2.45) is 0 Å². The van der Waals surface area contributed by atoms with Gasteiger partial charge in [-0.2, -0.15) is 8.42 Å². The molecule has 4 N–H and O–H groups in total. The maximum atomic E-state index is 12.0. The Kier molecular flexibility index (Phi) is 7.61. The molecular weight excluding hydrogens is 454 g/mol. The number of aromatic amines is 1. The summed E-state index contributed by atoms with van der Waals surface area (Å²) in [6.45, 7) is 4.52. The van der Waals surface area contributed by atoms with Crippen LogP contribution >= 0.6 is 11.3 Å². The fraction of sp³-hybridized carbons (Fsp3) is 0.350. The van der Waals surface area contributed by atoms with Crippen LogP contribution in [0.5, 0.6) is 0 Å². The predicted molar refractivity (Wildman–Crippen MR) is 124 cm³/mol. The van der Waals surface area contributed by atoms with Gasteiger partial charge in [0.1, 0.15) is 5.01 Å². The molecule has 3 aromatic rings. The number of nitrogens with zero attached hydrogens (tertiary/aromatic N) is 2. The van der Waals surface area contributed by atoms with Crippen molar-refractivity contribution in [3.8, 4) is 0 Å². The minimum absolute atomic E-state index is 0.125. The van der Waals surface area contributed by atoms with Gasteiger partial charge in [-0.05, 0) is 37.5 Å². The first kappa shape index (κ1) is 23.9. The third-order valence-electron chi connectivity index (χ3n) is 4.80. The maximum Gasteiger partial charge on any atom is 0.357 e. The highest BCUT2D eigenvalue weighted by atomic mass is 32.2. The quantitative estimate of drug-likeness (QED) is 0.323. The normalized spacial score (nSPS) is 12.6. The maximum absolute atomic E-state index is 12.0. The molecule has 10 nitrogen and oxygen atoms in total. The topological polar surface area (TPSA) is 146 Å². The van der Waals surface area contributed by atoms with Crippen LogP contribution in [0, 0.1) is 6.92 Å². The fourth-order valence-electron chi connectivity index (χ4n) is 3.13. The van der Waals surface area contributed by atoms with Gasteiger partial charge in [0, 0.05) is 30.2 Å². The highest BCUT2D eigenvalue weighted by Crippen LogP contribution is 2.23. The summed E-state index contributed by atoms with van der Waals surface area (Å²) in [5, 5.41) is 6.35. The van der Waals surface area contributed by atoms with E-state index < -0.39 is 16.0 Å². The highest BCUT2D eigenvalue weighted by molar-refractivity contribution is 7.87. The molecule has 0 aliphatic rings. The molecule has 0 amide bonds. The number of aromatic nitrogens is 3. The molecule has 32 heavy (non-hydrogen) atoms. The van der Waals surface area contributed by atoms with E-state index in [0.29, 0.717) is 25.1 Å². The van der Waals surface area contributed by atoms with E-state index in [1.165, 1.54) is 10.8 Å². The van der Waals surface area contributed by atoms with Crippen LogP contribution in [0.15, 0.2) is 45.4 Å². The van der Waals surface area contributed by atoms with E-state index in [1.54, 1.807) is 42.5 Å². The van der Waals surface area contributed by atoms with Crippen molar-refractivity contribution >= 4 is 27.3 Å². The summed E-state index contributed by atoms with van der Waals surface area (Å²) in [6, 6.07) is 6.56. The highest BCUT2D eigenvalue weighted by Gasteiger charge is 2.16. The summed E-state index contributed by atoms with van der Waals surface area (Å²) in [5.41, 5.74) is 1.82. The Morgan fingerprint density at radius 2 is 1.97 bits per heavy atom. The lowest BCUT2D eigenvalue weighted by Crippen LogP contribution is -2.34. The van der Waals surface area contributed by atoms with Crippen LogP contribution in [-0.2, 0) is 29.7 Å². The van der Waals surface area contributed by atoms with Gasteiger partial charge in [-0.1, -0.05) is 19.1 Å². The SMILES string of the molecule is CCc1csc([C@H](Cc2ccc(NS(=O)(=O)O)cc2)NCCn2cc(C)c(=O)[nH]c2=O)n1. The summed E-state index contributed by atoms with van der Waals surface area (Å²) < 4.78 is 34.3. The average molecular weight is 480 g/mol. The second-order valence-corrected chi connectivity index (χ2v) is 9.32. The van der Waals surface area contributed by atoms with Gasteiger partial charge in [0.25, 0.3) is 5.56 Å². The number of aryl methyl sites for hydroxylation is 2. The smallest absolute Gasteiger partial charge is 0.306 e. The molecule has 1 aromatic carbocycles. The van der Waals surface area contributed by atoms with Crippen LogP contribution in [0.1, 0.15) is 34.8 Å². The Morgan fingerprint density at radius 1 is 1.25 bits per heavy atom. The Balaban J connectivity index is 1.73. The van der Waals surface area contributed by atoms with Gasteiger partial charge in [-0.15, -0.1) is 11.3 Å². The van der Waals surface area contributed by atoms with Crippen LogP contribution in [-0.4, -0.2) is 34.1 Å². The molecule has 172 valence electrons. The van der Waals surface area contributed by atoms with Gasteiger partial charge in [0.2, 0.25) is 0 Å². The van der Waals surface area contributed by atoms with E-state index in [2.05, 4.69) is 15.3 Å². The van der Waals surface area contributed by atoms with Crippen LogP contribution < -0.4 is 21.3 Å². The molecule has 0 saturated heterocycles. The summed E-state index contributed by atoms with van der Waals surface area (Å²) in [6.07, 6.45) is 2.95. The summed E-state index contributed by atoms with van der Waals surface area (Å²) in [5.74, 6) is 0. The van der Waals surface area contributed by atoms with E-state index in [-0.39, 0.29) is 17.3 Å². The molecule has 0 unspecified atom stereocenters. The third kappa shape index (κ3) is 6.60. The van der Waals surface area contributed by atoms with Crippen molar-refractivity contribution in [2.45, 2.75) is 39.3 Å². The molecule has 0 aliphatic heterocycles. The molecule has 3 rings (SSSR count). The zero-order valence-electron chi connectivity index (χ0n) is 17.7. The van der Waals surface area contributed by atoms with E-state index in [1.807, 2.05) is 17.0 Å². The molecule has 1 atom stereocenters. The standard InChI is InChI=1S/C20H25N5O5S2/c1-3-15-12-31-19(22-15)17(10-14-4-6-16(7-5-14)24-32(28,29)30)21-8-9-25-11-13(2)18(26)23-20(25)27/h4-7,11-12,17,21,24H,3,8-10H2,1-2H3,(H,23,26,27)(H,28,29,30)/t17-/m0/s1. The zero-order valence-corrected chi connectivity index (χ0v) is 19.3. The number of H-pyrrole nitrogens is 1. The van der Waals surface area contributed by atoms with E-state index in [9.17, 15) is 18.0 Å². The van der Waals surface area contributed by atoms with Crippen LogP contribution in [0.2, 0.25) is 0 Å². The lowest BCUT2D eigenvalue weighted by atomic mass is 10.1. The first-order valence-electron chi connectivity index (χ1n) is 9.97. The van der Waals surface area contributed by atoms with E-state index >= 15 is 0 Å². The summed E-state index contributed by atoms with van der Waals surface area (Å²) in [7, 11) is -4.32. The minimum Gasteiger partial charge on any atom is -0.306 e. The van der Waals surface area contributed by atoms with Gasteiger partial charge in [0.15, 0.2) is 0 Å². The Hall–Kier alpha value is -2.80. The second-order valence-electron chi connectivity index (χ2n) is 7.28. The molecule has 2 aromatic heterocycles. The van der Waals surface area contributed by atoms with Crippen LogP contribution in [0.3, 0.4) is 0 Å². The lowest BCUT2D eigenvalue weighted by Gasteiger charge is -2.18. The van der Waals surface area contributed by atoms with E-state index in [4.69, 9.17) is 4.55 Å². The molecule has 0 spiro atoms. The number of hydrogen-bond acceptors (Lipinski definition) is 7. The van der Waals surface area contributed by atoms with Gasteiger partial charge >= 0.3 is 16.0 Å². The Labute approximate surface area is 189 Å². The molecule has 2 heterocycles. The number of hydrogen-bond donors (Lipinski definition) is 4. The predicted octanol–water partition coefficient (Wildman–Crippen LogP) is 1.65. The lowest BCUT2D eigenvalue weighted by molar-refractivity contribution is 0.489. The van der Waals surface area contributed by atoms with Crippen LogP contribution in [0.25, 0.3) is 0 Å². The van der Waals surface area contributed by atoms with Crippen molar-refractivity contribution in [1.29, 1.82) is 0 Å². The van der Waals surface area contributed by atoms with Crippen molar-refractivity contribution in [2.75, 3.05) is 11.3 Å². The molecule has 0 fully saturated rings. The molecular formula is C20H25N5O5S2. The van der Waals surface area contributed by atoms with Crippen molar-refractivity contribution in [3.05, 3.63) is 78.5 Å². The zero-order chi connectivity index (χ0) is 23.3. The average Bonchev–Trinajstić information content (AvgIpc) is 3.20. The molecule has 0 aliphatic carbocycles. The number of benzene rings is 1. The number of thiazole rings is 1. The first-order valence-corrected chi connectivity index (χ1v) is 12.3.